The number of nitrogens with one attached hydrogen (secondary N) is 1. The Balaban J connectivity index is 1.42. The van der Waals surface area contributed by atoms with E-state index >= 15 is 0 Å². The first-order valence-electron chi connectivity index (χ1n) is 8.81. The summed E-state index contributed by atoms with van der Waals surface area (Å²) < 4.78 is 5.68. The minimum absolute atomic E-state index is 0.0157. The summed E-state index contributed by atoms with van der Waals surface area (Å²) in [5.41, 5.74) is 2.23. The number of carbonyl (C=O) groups is 2. The summed E-state index contributed by atoms with van der Waals surface area (Å²) in [5.74, 6) is 1.22. The maximum atomic E-state index is 12.3. The van der Waals surface area contributed by atoms with Crippen LogP contribution in [0.15, 0.2) is 18.2 Å². The van der Waals surface area contributed by atoms with Crippen molar-refractivity contribution >= 4 is 11.8 Å². The van der Waals surface area contributed by atoms with Gasteiger partial charge >= 0.3 is 0 Å². The SMILES string of the molecule is Cc1ccc(OCC(=O)N2CCC(NC(=O)C3CC3)CC2)c(C)c1. The molecule has 0 unspecified atom stereocenters. The molecule has 24 heavy (non-hydrogen) atoms. The highest BCUT2D eigenvalue weighted by Gasteiger charge is 2.32. The van der Waals surface area contributed by atoms with Crippen LogP contribution < -0.4 is 10.1 Å². The smallest absolute Gasteiger partial charge is 0.260 e. The van der Waals surface area contributed by atoms with Crippen molar-refractivity contribution in [2.75, 3.05) is 19.7 Å². The summed E-state index contributed by atoms with van der Waals surface area (Å²) in [6.45, 7) is 5.47. The van der Waals surface area contributed by atoms with Crippen LogP contribution in [0.3, 0.4) is 0 Å². The van der Waals surface area contributed by atoms with E-state index in [1.165, 1.54) is 5.56 Å². The maximum absolute atomic E-state index is 12.3. The number of benzene rings is 1. The van der Waals surface area contributed by atoms with Gasteiger partial charge in [0.05, 0.1) is 0 Å². The normalized spacial score (nSPS) is 18.3. The number of amides is 2. The fraction of sp³-hybridized carbons (Fsp3) is 0.579. The predicted octanol–water partition coefficient (Wildman–Crippen LogP) is 2.20. The average Bonchev–Trinajstić information content (AvgIpc) is 3.39. The number of rotatable bonds is 5. The lowest BCUT2D eigenvalue weighted by atomic mass is 10.0. The first-order valence-corrected chi connectivity index (χ1v) is 8.81. The molecule has 1 heterocycles. The zero-order valence-electron chi connectivity index (χ0n) is 14.5. The second kappa shape index (κ2) is 7.24. The Morgan fingerprint density at radius 3 is 2.50 bits per heavy atom. The highest BCUT2D eigenvalue weighted by Crippen LogP contribution is 2.29. The van der Waals surface area contributed by atoms with E-state index in [9.17, 15) is 9.59 Å². The van der Waals surface area contributed by atoms with Crippen LogP contribution in [0.1, 0.15) is 36.8 Å². The number of nitrogens with zero attached hydrogens (tertiary/aromatic N) is 1. The molecule has 5 nitrogen and oxygen atoms in total. The Hall–Kier alpha value is -2.04. The molecule has 0 radical (unpaired) electrons. The van der Waals surface area contributed by atoms with Crippen LogP contribution in [-0.2, 0) is 9.59 Å². The molecule has 1 aromatic rings. The van der Waals surface area contributed by atoms with Crippen LogP contribution >= 0.6 is 0 Å². The van der Waals surface area contributed by atoms with Crippen LogP contribution in [0.2, 0.25) is 0 Å². The lowest BCUT2D eigenvalue weighted by molar-refractivity contribution is -0.134. The van der Waals surface area contributed by atoms with Gasteiger partial charge in [0.1, 0.15) is 5.75 Å². The van der Waals surface area contributed by atoms with Gasteiger partial charge in [-0.25, -0.2) is 0 Å². The molecule has 2 fully saturated rings. The van der Waals surface area contributed by atoms with Gasteiger partial charge in [0.25, 0.3) is 5.91 Å². The summed E-state index contributed by atoms with van der Waals surface area (Å²) in [4.78, 5) is 25.9. The van der Waals surface area contributed by atoms with Crippen molar-refractivity contribution in [3.05, 3.63) is 29.3 Å². The van der Waals surface area contributed by atoms with E-state index in [0.29, 0.717) is 13.1 Å². The van der Waals surface area contributed by atoms with E-state index in [4.69, 9.17) is 4.74 Å². The van der Waals surface area contributed by atoms with E-state index in [0.717, 1.165) is 37.0 Å². The van der Waals surface area contributed by atoms with Gasteiger partial charge in [0, 0.05) is 25.0 Å². The molecule has 130 valence electrons. The third-order valence-electron chi connectivity index (χ3n) is 4.82. The lowest BCUT2D eigenvalue weighted by Gasteiger charge is -2.32. The summed E-state index contributed by atoms with van der Waals surface area (Å²) >= 11 is 0. The van der Waals surface area contributed by atoms with Crippen molar-refractivity contribution in [3.63, 3.8) is 0 Å². The molecule has 5 heteroatoms. The molecule has 1 aromatic carbocycles. The lowest BCUT2D eigenvalue weighted by Crippen LogP contribution is -2.48. The quantitative estimate of drug-likeness (QED) is 0.900. The Bertz CT molecular complexity index is 617. The van der Waals surface area contributed by atoms with Crippen molar-refractivity contribution in [2.45, 2.75) is 45.6 Å². The van der Waals surface area contributed by atoms with Crippen LogP contribution in [0, 0.1) is 19.8 Å². The van der Waals surface area contributed by atoms with Crippen LogP contribution in [0.5, 0.6) is 5.75 Å². The predicted molar refractivity (Wildman–Crippen MR) is 91.9 cm³/mol. The molecule has 0 bridgehead atoms. The number of aryl methyl sites for hydroxylation is 2. The first kappa shape index (κ1) is 16.8. The molecule has 2 aliphatic rings. The molecular formula is C19H26N2O3. The van der Waals surface area contributed by atoms with Crippen molar-refractivity contribution in [2.24, 2.45) is 5.92 Å². The minimum Gasteiger partial charge on any atom is -0.484 e. The first-order chi connectivity index (χ1) is 11.5. The van der Waals surface area contributed by atoms with Gasteiger partial charge in [-0.15, -0.1) is 0 Å². The molecular weight excluding hydrogens is 304 g/mol. The Kier molecular flexibility index (Phi) is 5.07. The molecule has 0 aromatic heterocycles. The minimum atomic E-state index is 0.0157. The third-order valence-corrected chi connectivity index (χ3v) is 4.82. The van der Waals surface area contributed by atoms with E-state index in [-0.39, 0.29) is 30.4 Å². The highest BCUT2D eigenvalue weighted by atomic mass is 16.5. The van der Waals surface area contributed by atoms with Crippen LogP contribution in [0.4, 0.5) is 0 Å². The number of carbonyl (C=O) groups excluding carboxylic acids is 2. The molecule has 0 spiro atoms. The largest absolute Gasteiger partial charge is 0.484 e. The van der Waals surface area contributed by atoms with Gasteiger partial charge in [0.2, 0.25) is 5.91 Å². The molecule has 0 atom stereocenters. The number of ether oxygens (including phenoxy) is 1. The summed E-state index contributed by atoms with van der Waals surface area (Å²) in [6, 6.07) is 6.16. The van der Waals surface area contributed by atoms with Crippen LogP contribution in [-0.4, -0.2) is 42.5 Å². The third kappa shape index (κ3) is 4.28. The van der Waals surface area contributed by atoms with Crippen molar-refractivity contribution < 1.29 is 14.3 Å². The van der Waals surface area contributed by atoms with Gasteiger partial charge in [-0.05, 0) is 51.2 Å². The topological polar surface area (TPSA) is 58.6 Å². The Morgan fingerprint density at radius 2 is 1.88 bits per heavy atom. The molecule has 1 aliphatic carbocycles. The second-order valence-corrected chi connectivity index (χ2v) is 7.00. The highest BCUT2D eigenvalue weighted by molar-refractivity contribution is 5.81. The maximum Gasteiger partial charge on any atom is 0.260 e. The average molecular weight is 330 g/mol. The number of hydrogen-bond acceptors (Lipinski definition) is 3. The van der Waals surface area contributed by atoms with Gasteiger partial charge < -0.3 is 15.0 Å². The summed E-state index contributed by atoms with van der Waals surface area (Å²) in [7, 11) is 0. The van der Waals surface area contributed by atoms with Crippen molar-refractivity contribution in [1.82, 2.24) is 10.2 Å². The van der Waals surface area contributed by atoms with E-state index in [1.807, 2.05) is 36.9 Å². The van der Waals surface area contributed by atoms with Gasteiger partial charge in [-0.2, -0.15) is 0 Å². The number of piperidine rings is 1. The van der Waals surface area contributed by atoms with Crippen molar-refractivity contribution in [1.29, 1.82) is 0 Å². The van der Waals surface area contributed by atoms with Gasteiger partial charge in [0.15, 0.2) is 6.61 Å². The number of likely N-dealkylation sites (tertiary alicyclic amines) is 1. The van der Waals surface area contributed by atoms with Gasteiger partial charge in [-0.1, -0.05) is 17.7 Å². The standard InChI is InChI=1S/C19H26N2O3/c1-13-3-6-17(14(2)11-13)24-12-18(22)21-9-7-16(8-10-21)20-19(23)15-4-5-15/h3,6,11,15-16H,4-5,7-10,12H2,1-2H3,(H,20,23). The number of hydrogen-bond donors (Lipinski definition) is 1. The van der Waals surface area contributed by atoms with Gasteiger partial charge in [-0.3, -0.25) is 9.59 Å². The van der Waals surface area contributed by atoms with E-state index < -0.39 is 0 Å². The van der Waals surface area contributed by atoms with Crippen LogP contribution in [0.25, 0.3) is 0 Å². The molecule has 1 saturated carbocycles. The van der Waals surface area contributed by atoms with E-state index in [2.05, 4.69) is 5.32 Å². The Labute approximate surface area is 143 Å². The molecule has 2 amide bonds. The molecule has 1 N–H and O–H groups in total. The second-order valence-electron chi connectivity index (χ2n) is 7.00. The monoisotopic (exact) mass is 330 g/mol. The molecule has 3 rings (SSSR count). The van der Waals surface area contributed by atoms with E-state index in [1.54, 1.807) is 0 Å². The molecule has 1 saturated heterocycles. The molecule has 1 aliphatic heterocycles. The fourth-order valence-electron chi connectivity index (χ4n) is 3.13. The summed E-state index contributed by atoms with van der Waals surface area (Å²) in [6.07, 6.45) is 3.71. The fourth-order valence-corrected chi connectivity index (χ4v) is 3.13. The van der Waals surface area contributed by atoms with Crippen molar-refractivity contribution in [3.8, 4) is 5.75 Å². The summed E-state index contributed by atoms with van der Waals surface area (Å²) in [5, 5.41) is 3.10. The zero-order chi connectivity index (χ0) is 17.1. The Morgan fingerprint density at radius 1 is 1.17 bits per heavy atom. The zero-order valence-corrected chi connectivity index (χ0v) is 14.5.